The van der Waals surface area contributed by atoms with Gasteiger partial charge in [0.05, 0.1) is 5.56 Å². The fourth-order valence-corrected chi connectivity index (χ4v) is 4.02. The molecule has 35 heavy (non-hydrogen) atoms. The Labute approximate surface area is 232 Å². The summed E-state index contributed by atoms with van der Waals surface area (Å²) in [6.45, 7) is 18.4. The number of ether oxygens (including phenoxy) is 1. The van der Waals surface area contributed by atoms with Crippen LogP contribution in [0.15, 0.2) is 43.0 Å². The van der Waals surface area contributed by atoms with Crippen LogP contribution in [0.1, 0.15) is 72.1 Å². The third-order valence-corrected chi connectivity index (χ3v) is 6.01. The number of carboxylic acid groups (broad SMARTS) is 1. The molecule has 0 unspecified atom stereocenters. The van der Waals surface area contributed by atoms with Crippen LogP contribution in [0, 0.1) is 78.7 Å². The Morgan fingerprint density at radius 2 is 1.60 bits per heavy atom. The van der Waals surface area contributed by atoms with Crippen LogP contribution >= 0.6 is 0 Å². The predicted octanol–water partition coefficient (Wildman–Crippen LogP) is 7.02. The minimum atomic E-state index is -0.971. The molecule has 0 fully saturated rings. The van der Waals surface area contributed by atoms with Crippen molar-refractivity contribution in [2.75, 3.05) is 0 Å². The molecule has 3 aromatic rings. The van der Waals surface area contributed by atoms with Gasteiger partial charge in [-0.25, -0.2) is 9.59 Å². The molecule has 0 aliphatic heterocycles. The van der Waals surface area contributed by atoms with Crippen molar-refractivity contribution < 1.29 is 50.5 Å². The molecule has 0 aromatic heterocycles. The first-order valence-electron chi connectivity index (χ1n) is 11.1. The van der Waals surface area contributed by atoms with E-state index in [0.717, 1.165) is 27.8 Å². The van der Waals surface area contributed by atoms with Gasteiger partial charge in [0.15, 0.2) is 0 Å². The first-order chi connectivity index (χ1) is 16.0. The Balaban J connectivity index is 0.000000656. The van der Waals surface area contributed by atoms with E-state index in [1.165, 1.54) is 0 Å². The molecule has 0 amide bonds. The van der Waals surface area contributed by atoms with Gasteiger partial charge in [-0.2, -0.15) is 24.6 Å². The molecule has 0 atom stereocenters. The molecule has 0 saturated carbocycles. The number of benzene rings is 3. The molecule has 3 aromatic carbocycles. The van der Waals surface area contributed by atoms with E-state index in [4.69, 9.17) is 4.74 Å². The second kappa shape index (κ2) is 13.4. The van der Waals surface area contributed by atoms with Gasteiger partial charge in [0.1, 0.15) is 5.75 Å². The fourth-order valence-electron chi connectivity index (χ4n) is 4.02. The number of aryl methyl sites for hydroxylation is 1. The number of hydrogen-bond donors (Lipinski definition) is 1. The van der Waals surface area contributed by atoms with E-state index in [1.54, 1.807) is 32.9 Å². The van der Waals surface area contributed by atoms with Gasteiger partial charge in [-0.3, -0.25) is 0 Å². The monoisotopic (exact) mass is 694 g/mol. The van der Waals surface area contributed by atoms with Crippen LogP contribution in [0.3, 0.4) is 0 Å². The standard InChI is InChI=1S/C23H25O4.C7H7.U/c1-8-17-11-10-12(3)19(15(17)6)23(26)27-21-14(5)13(4)20(22(24)25)16(7)18(21)9-2;1-7-5-3-2-4-6-7;/h8,10H,1,9H2,2-7H3,(H,24,25);2-6H,1H2;/q2*-1;+2. The van der Waals surface area contributed by atoms with Crippen molar-refractivity contribution in [1.29, 1.82) is 0 Å². The van der Waals surface area contributed by atoms with Gasteiger partial charge >= 0.3 is 43.1 Å². The van der Waals surface area contributed by atoms with Crippen molar-refractivity contribution in [1.82, 2.24) is 0 Å². The maximum absolute atomic E-state index is 13.0. The summed E-state index contributed by atoms with van der Waals surface area (Å²) in [5.74, 6) is -0.974. The molecular formula is C30H32O4U. The molecular weight excluding hydrogens is 662 g/mol. The first-order valence-corrected chi connectivity index (χ1v) is 11.1. The van der Waals surface area contributed by atoms with E-state index in [-0.39, 0.29) is 36.7 Å². The molecule has 0 heterocycles. The Kier molecular flexibility index (Phi) is 11.6. The van der Waals surface area contributed by atoms with E-state index >= 15 is 0 Å². The number of carboxylic acids is 1. The van der Waals surface area contributed by atoms with Gasteiger partial charge in [-0.15, -0.1) is 53.6 Å². The molecule has 0 saturated heterocycles. The molecule has 180 valence electrons. The molecule has 0 radical (unpaired) electrons. The van der Waals surface area contributed by atoms with Gasteiger partial charge in [0.2, 0.25) is 0 Å². The molecule has 5 heteroatoms. The Bertz CT molecular complexity index is 1230. The van der Waals surface area contributed by atoms with Crippen LogP contribution in [-0.2, 0) is 6.42 Å². The van der Waals surface area contributed by atoms with E-state index in [1.807, 2.05) is 51.1 Å². The Morgan fingerprint density at radius 1 is 1.00 bits per heavy atom. The Morgan fingerprint density at radius 3 is 2.06 bits per heavy atom. The number of carbonyl (C=O) groups excluding carboxylic acids is 1. The normalized spacial score (nSPS) is 9.89. The summed E-state index contributed by atoms with van der Waals surface area (Å²) in [5, 5.41) is 9.55. The van der Waals surface area contributed by atoms with Crippen molar-refractivity contribution in [2.45, 2.75) is 48.0 Å². The van der Waals surface area contributed by atoms with Crippen LogP contribution in [-0.4, -0.2) is 17.0 Å². The van der Waals surface area contributed by atoms with E-state index in [0.29, 0.717) is 34.4 Å². The van der Waals surface area contributed by atoms with E-state index < -0.39 is 11.9 Å². The zero-order valence-corrected chi connectivity index (χ0v) is 25.5. The number of carbonyl (C=O) groups is 2. The number of aromatic carboxylic acids is 1. The molecule has 0 aliphatic carbocycles. The summed E-state index contributed by atoms with van der Waals surface area (Å²) in [4.78, 5) is 24.7. The van der Waals surface area contributed by atoms with Gasteiger partial charge in [0.25, 0.3) is 0 Å². The minimum absolute atomic E-state index is 0. The summed E-state index contributed by atoms with van der Waals surface area (Å²) in [6.07, 6.45) is 2.22. The zero-order valence-electron chi connectivity index (χ0n) is 21.3. The third kappa shape index (κ3) is 6.91. The molecule has 4 nitrogen and oxygen atoms in total. The number of esters is 1. The predicted molar refractivity (Wildman–Crippen MR) is 138 cm³/mol. The van der Waals surface area contributed by atoms with Gasteiger partial charge < -0.3 is 9.84 Å². The van der Waals surface area contributed by atoms with Crippen LogP contribution in [0.5, 0.6) is 5.75 Å². The van der Waals surface area contributed by atoms with Crippen LogP contribution in [0.4, 0.5) is 0 Å². The van der Waals surface area contributed by atoms with Gasteiger partial charge in [-0.05, 0) is 55.0 Å². The molecule has 0 aliphatic rings. The maximum atomic E-state index is 13.0. The van der Waals surface area contributed by atoms with Crippen molar-refractivity contribution in [3.63, 3.8) is 0 Å². The van der Waals surface area contributed by atoms with Crippen molar-refractivity contribution in [3.05, 3.63) is 112 Å². The molecule has 1 N–H and O–H groups in total. The van der Waals surface area contributed by atoms with Gasteiger partial charge in [-0.1, -0.05) is 26.8 Å². The minimum Gasteiger partial charge on any atom is -0.478 e. The van der Waals surface area contributed by atoms with Crippen LogP contribution in [0.2, 0.25) is 0 Å². The zero-order chi connectivity index (χ0) is 25.6. The quantitative estimate of drug-likeness (QED) is 0.177. The van der Waals surface area contributed by atoms with E-state index in [9.17, 15) is 14.7 Å². The summed E-state index contributed by atoms with van der Waals surface area (Å²) in [6, 6.07) is 14.7. The summed E-state index contributed by atoms with van der Waals surface area (Å²) in [5.41, 5.74) is 6.80. The Hall–Kier alpha value is -2.74. The number of rotatable bonds is 5. The second-order valence-electron chi connectivity index (χ2n) is 8.18. The summed E-state index contributed by atoms with van der Waals surface area (Å²) in [7, 11) is 0. The maximum Gasteiger partial charge on any atom is 2.00 e. The average Bonchev–Trinajstić information content (AvgIpc) is 2.78. The second-order valence-corrected chi connectivity index (χ2v) is 8.18. The van der Waals surface area contributed by atoms with Crippen molar-refractivity contribution in [2.24, 2.45) is 0 Å². The topological polar surface area (TPSA) is 63.6 Å². The van der Waals surface area contributed by atoms with Crippen molar-refractivity contribution >= 4 is 18.0 Å². The summed E-state index contributed by atoms with van der Waals surface area (Å²) >= 11 is 0. The number of hydrogen-bond acceptors (Lipinski definition) is 3. The van der Waals surface area contributed by atoms with Gasteiger partial charge in [0, 0.05) is 0 Å². The van der Waals surface area contributed by atoms with Crippen molar-refractivity contribution in [3.8, 4) is 5.75 Å². The third-order valence-electron chi connectivity index (χ3n) is 6.01. The summed E-state index contributed by atoms with van der Waals surface area (Å²) < 4.78 is 5.83. The fraction of sp³-hybridized carbons (Fsp3) is 0.233. The largest absolute Gasteiger partial charge is 2.00 e. The molecule has 0 spiro atoms. The van der Waals surface area contributed by atoms with Crippen LogP contribution < -0.4 is 4.74 Å². The smallest absolute Gasteiger partial charge is 0.478 e. The first kappa shape index (κ1) is 30.3. The molecule has 0 bridgehead atoms. The SMILES string of the molecule is C=Cc1[c-]cc(C)c(C(=O)Oc2c(C)c(C)c(C(=O)O)c(C)c2CC)c1C.[CH2-]c1ccccc1.[U+2]. The van der Waals surface area contributed by atoms with Crippen LogP contribution in [0.25, 0.3) is 6.08 Å². The average molecular weight is 695 g/mol. The van der Waals surface area contributed by atoms with E-state index in [2.05, 4.69) is 19.6 Å². The molecule has 3 rings (SSSR count).